The first kappa shape index (κ1) is 14.9. The van der Waals surface area contributed by atoms with Crippen LogP contribution in [-0.2, 0) is 4.74 Å². The van der Waals surface area contributed by atoms with Crippen molar-refractivity contribution in [2.24, 2.45) is 0 Å². The second-order valence-electron chi connectivity index (χ2n) is 7.14. The van der Waals surface area contributed by atoms with Crippen LogP contribution in [0.15, 0.2) is 12.4 Å². The average Bonchev–Trinajstić information content (AvgIpc) is 3.12. The molecular formula is C17H24N4O2. The molecule has 23 heavy (non-hydrogen) atoms. The van der Waals surface area contributed by atoms with Crippen molar-refractivity contribution in [2.75, 3.05) is 25.0 Å². The molecular weight excluding hydrogens is 292 g/mol. The number of aromatic nitrogens is 2. The van der Waals surface area contributed by atoms with Crippen molar-refractivity contribution in [3.8, 4) is 0 Å². The molecule has 6 nitrogen and oxygen atoms in total. The molecule has 6 heteroatoms. The molecule has 1 saturated carbocycles. The van der Waals surface area contributed by atoms with Crippen LogP contribution < -0.4 is 4.90 Å². The fourth-order valence-electron chi connectivity index (χ4n) is 4.18. The lowest BCUT2D eigenvalue weighted by molar-refractivity contribution is 0.0260. The normalized spacial score (nSPS) is 27.6. The Kier molecular flexibility index (Phi) is 3.71. The lowest BCUT2D eigenvalue weighted by Gasteiger charge is -2.30. The fourth-order valence-corrected chi connectivity index (χ4v) is 4.18. The molecule has 124 valence electrons. The molecule has 1 aromatic rings. The predicted octanol–water partition coefficient (Wildman–Crippen LogP) is 2.90. The van der Waals surface area contributed by atoms with Crippen LogP contribution in [0.2, 0.25) is 0 Å². The van der Waals surface area contributed by atoms with E-state index in [9.17, 15) is 4.79 Å². The van der Waals surface area contributed by atoms with Gasteiger partial charge in [0.15, 0.2) is 5.82 Å². The molecule has 0 bridgehead atoms. The molecule has 2 saturated heterocycles. The van der Waals surface area contributed by atoms with Gasteiger partial charge in [-0.1, -0.05) is 6.42 Å². The molecule has 1 spiro atoms. The van der Waals surface area contributed by atoms with Gasteiger partial charge >= 0.3 is 6.09 Å². The molecule has 0 N–H and O–H groups in total. The monoisotopic (exact) mass is 316 g/mol. The molecule has 3 heterocycles. The van der Waals surface area contributed by atoms with Crippen LogP contribution in [0.3, 0.4) is 0 Å². The second-order valence-corrected chi connectivity index (χ2v) is 7.14. The van der Waals surface area contributed by atoms with Gasteiger partial charge in [0.2, 0.25) is 0 Å². The molecule has 3 fully saturated rings. The minimum Gasteiger partial charge on any atom is -0.441 e. The zero-order chi connectivity index (χ0) is 15.9. The van der Waals surface area contributed by atoms with E-state index in [2.05, 4.69) is 21.9 Å². The zero-order valence-corrected chi connectivity index (χ0v) is 13.7. The van der Waals surface area contributed by atoms with Gasteiger partial charge in [-0.2, -0.15) is 0 Å². The molecule has 4 rings (SSSR count). The Morgan fingerprint density at radius 2 is 2.00 bits per heavy atom. The third-order valence-electron chi connectivity index (χ3n) is 5.53. The minimum absolute atomic E-state index is 0.271. The lowest BCUT2D eigenvalue weighted by Crippen LogP contribution is -2.36. The number of ether oxygens (including phenoxy) is 1. The maximum absolute atomic E-state index is 12.3. The summed E-state index contributed by atoms with van der Waals surface area (Å²) in [6.45, 7) is 1.72. The number of carbonyl (C=O) groups excluding carboxylic acids is 1. The molecule has 2 aliphatic heterocycles. The Balaban J connectivity index is 1.51. The number of hydrogen-bond donors (Lipinski definition) is 0. The van der Waals surface area contributed by atoms with Crippen LogP contribution in [0, 0.1) is 0 Å². The maximum Gasteiger partial charge on any atom is 0.416 e. The first-order valence-electron chi connectivity index (χ1n) is 8.70. The first-order valence-corrected chi connectivity index (χ1v) is 8.70. The van der Waals surface area contributed by atoms with E-state index in [4.69, 9.17) is 4.74 Å². The van der Waals surface area contributed by atoms with E-state index in [0.717, 1.165) is 44.3 Å². The number of amides is 1. The van der Waals surface area contributed by atoms with Crippen molar-refractivity contribution in [3.05, 3.63) is 18.1 Å². The van der Waals surface area contributed by atoms with Crippen LogP contribution in [0.4, 0.5) is 10.6 Å². The second kappa shape index (κ2) is 5.74. The third-order valence-corrected chi connectivity index (χ3v) is 5.53. The Morgan fingerprint density at radius 1 is 1.17 bits per heavy atom. The van der Waals surface area contributed by atoms with E-state index in [1.807, 2.05) is 6.20 Å². The SMILES string of the molecule is CN1CCCC1c1cnc(N2CC3(CCCCC3)OC2=O)cn1. The highest BCUT2D eigenvalue weighted by Crippen LogP contribution is 2.38. The van der Waals surface area contributed by atoms with Crippen molar-refractivity contribution >= 4 is 11.9 Å². The van der Waals surface area contributed by atoms with Crippen molar-refractivity contribution in [1.29, 1.82) is 0 Å². The van der Waals surface area contributed by atoms with Gasteiger partial charge in [0, 0.05) is 0 Å². The summed E-state index contributed by atoms with van der Waals surface area (Å²) in [6, 6.07) is 0.353. The highest BCUT2D eigenvalue weighted by molar-refractivity contribution is 5.89. The van der Waals surface area contributed by atoms with Crippen LogP contribution in [0.5, 0.6) is 0 Å². The van der Waals surface area contributed by atoms with E-state index >= 15 is 0 Å². The Bertz CT molecular complexity index is 583. The van der Waals surface area contributed by atoms with Gasteiger partial charge in [0.1, 0.15) is 5.60 Å². The van der Waals surface area contributed by atoms with Gasteiger partial charge in [-0.05, 0) is 52.1 Å². The van der Waals surface area contributed by atoms with E-state index in [-0.39, 0.29) is 11.7 Å². The van der Waals surface area contributed by atoms with Crippen molar-refractivity contribution in [1.82, 2.24) is 14.9 Å². The van der Waals surface area contributed by atoms with Crippen LogP contribution >= 0.6 is 0 Å². The summed E-state index contributed by atoms with van der Waals surface area (Å²) in [4.78, 5) is 25.3. The smallest absolute Gasteiger partial charge is 0.416 e. The average molecular weight is 316 g/mol. The quantitative estimate of drug-likeness (QED) is 0.839. The Labute approximate surface area is 136 Å². The van der Waals surface area contributed by atoms with Gasteiger partial charge in [0.25, 0.3) is 0 Å². The largest absolute Gasteiger partial charge is 0.441 e. The topological polar surface area (TPSA) is 58.6 Å². The third kappa shape index (κ3) is 2.69. The summed E-state index contributed by atoms with van der Waals surface area (Å²) >= 11 is 0. The van der Waals surface area contributed by atoms with Crippen LogP contribution in [0.25, 0.3) is 0 Å². The lowest BCUT2D eigenvalue weighted by atomic mass is 9.85. The molecule has 1 unspecified atom stereocenters. The minimum atomic E-state index is -0.290. The highest BCUT2D eigenvalue weighted by Gasteiger charge is 2.46. The Morgan fingerprint density at radius 3 is 2.65 bits per heavy atom. The van der Waals surface area contributed by atoms with Crippen LogP contribution in [-0.4, -0.2) is 46.7 Å². The van der Waals surface area contributed by atoms with Crippen molar-refractivity contribution in [2.45, 2.75) is 56.6 Å². The van der Waals surface area contributed by atoms with E-state index in [1.165, 1.54) is 12.8 Å². The highest BCUT2D eigenvalue weighted by atomic mass is 16.6. The van der Waals surface area contributed by atoms with Gasteiger partial charge in [-0.15, -0.1) is 0 Å². The maximum atomic E-state index is 12.3. The summed E-state index contributed by atoms with van der Waals surface area (Å²) in [5.41, 5.74) is 0.704. The number of rotatable bonds is 2. The molecule has 1 aliphatic carbocycles. The van der Waals surface area contributed by atoms with Crippen molar-refractivity contribution in [3.63, 3.8) is 0 Å². The summed E-state index contributed by atoms with van der Waals surface area (Å²) in [5, 5.41) is 0. The van der Waals surface area contributed by atoms with E-state index in [0.29, 0.717) is 18.4 Å². The number of anilines is 1. The first-order chi connectivity index (χ1) is 11.2. The predicted molar refractivity (Wildman–Crippen MR) is 86.3 cm³/mol. The van der Waals surface area contributed by atoms with E-state index in [1.54, 1.807) is 11.1 Å². The Hall–Kier alpha value is -1.69. The zero-order valence-electron chi connectivity index (χ0n) is 13.7. The van der Waals surface area contributed by atoms with Gasteiger partial charge < -0.3 is 4.74 Å². The fraction of sp³-hybridized carbons (Fsp3) is 0.706. The number of hydrogen-bond acceptors (Lipinski definition) is 5. The molecule has 0 aromatic carbocycles. The molecule has 1 aromatic heterocycles. The van der Waals surface area contributed by atoms with Gasteiger partial charge in [-0.3, -0.25) is 14.8 Å². The molecule has 1 amide bonds. The molecule has 1 atom stereocenters. The van der Waals surface area contributed by atoms with Crippen molar-refractivity contribution < 1.29 is 9.53 Å². The number of carbonyl (C=O) groups is 1. The summed E-state index contributed by atoms with van der Waals surface area (Å²) in [5.74, 6) is 0.613. The summed E-state index contributed by atoms with van der Waals surface area (Å²) in [7, 11) is 2.12. The standard InChI is InChI=1S/C17H24N4O2/c1-20-9-5-6-14(20)13-10-19-15(11-18-13)21-12-17(23-16(21)22)7-3-2-4-8-17/h10-11,14H,2-9,12H2,1H3. The molecule has 0 radical (unpaired) electrons. The van der Waals surface area contributed by atoms with Crippen LogP contribution in [0.1, 0.15) is 56.7 Å². The van der Waals surface area contributed by atoms with Gasteiger partial charge in [-0.25, -0.2) is 9.78 Å². The number of nitrogens with zero attached hydrogens (tertiary/aromatic N) is 4. The van der Waals surface area contributed by atoms with E-state index < -0.39 is 0 Å². The molecule has 3 aliphatic rings. The van der Waals surface area contributed by atoms with Gasteiger partial charge in [0.05, 0.1) is 30.7 Å². The number of likely N-dealkylation sites (tertiary alicyclic amines) is 1. The summed E-state index contributed by atoms with van der Waals surface area (Å²) < 4.78 is 5.71. The summed E-state index contributed by atoms with van der Waals surface area (Å²) in [6.07, 6.45) is 11.0.